The average molecular weight is 324 g/mol. The van der Waals surface area contributed by atoms with E-state index in [0.29, 0.717) is 37.8 Å². The van der Waals surface area contributed by atoms with Gasteiger partial charge in [0.05, 0.1) is 18.5 Å². The first-order valence-corrected chi connectivity index (χ1v) is 8.00. The van der Waals surface area contributed by atoms with E-state index < -0.39 is 5.60 Å². The van der Waals surface area contributed by atoms with Crippen molar-refractivity contribution in [1.29, 1.82) is 0 Å². The van der Waals surface area contributed by atoms with Crippen LogP contribution in [0.25, 0.3) is 0 Å². The summed E-state index contributed by atoms with van der Waals surface area (Å²) in [6, 6.07) is 1.84. The molecule has 1 aromatic rings. The van der Waals surface area contributed by atoms with Crippen LogP contribution in [-0.4, -0.2) is 43.4 Å². The highest BCUT2D eigenvalue weighted by atomic mass is 16.5. The number of carbonyl (C=O) groups excluding carboxylic acids is 1. The number of aryl methyl sites for hydroxylation is 1. The van der Waals surface area contributed by atoms with Gasteiger partial charge in [-0.2, -0.15) is 0 Å². The summed E-state index contributed by atoms with van der Waals surface area (Å²) in [5.74, 6) is 0.374. The van der Waals surface area contributed by atoms with Crippen LogP contribution < -0.4 is 10.1 Å². The minimum absolute atomic E-state index is 0.173. The number of anilines is 1. The largest absolute Gasteiger partial charge is 0.475 e. The summed E-state index contributed by atoms with van der Waals surface area (Å²) in [7, 11) is 1.55. The number of carbonyl (C=O) groups is 1. The number of aromatic nitrogens is 1. The van der Waals surface area contributed by atoms with E-state index in [2.05, 4.69) is 10.3 Å². The fraction of sp³-hybridized carbons (Fsp3) is 0.647. The van der Waals surface area contributed by atoms with Gasteiger partial charge in [0.15, 0.2) is 0 Å². The summed E-state index contributed by atoms with van der Waals surface area (Å²) >= 11 is 0. The molecule has 0 bridgehead atoms. The van der Waals surface area contributed by atoms with Gasteiger partial charge in [-0.25, -0.2) is 4.98 Å². The monoisotopic (exact) mass is 324 g/mol. The van der Waals surface area contributed by atoms with Gasteiger partial charge in [-0.05, 0) is 33.3 Å². The molecule has 1 heterocycles. The third-order valence-electron chi connectivity index (χ3n) is 3.62. The number of nitrogens with zero attached hydrogens (tertiary/aromatic N) is 1. The highest BCUT2D eigenvalue weighted by molar-refractivity contribution is 5.97. The van der Waals surface area contributed by atoms with Crippen LogP contribution in [0.3, 0.4) is 0 Å². The molecule has 0 saturated heterocycles. The molecule has 23 heavy (non-hydrogen) atoms. The molecule has 6 nitrogen and oxygen atoms in total. The lowest BCUT2D eigenvalue weighted by atomic mass is 9.99. The van der Waals surface area contributed by atoms with Gasteiger partial charge in [0.2, 0.25) is 5.88 Å². The Balaban J connectivity index is 2.68. The summed E-state index contributed by atoms with van der Waals surface area (Å²) in [4.78, 5) is 16.6. The summed E-state index contributed by atoms with van der Waals surface area (Å²) in [5.41, 5.74) is 0.646. The smallest absolute Gasteiger partial charge is 0.256 e. The normalized spacial score (nSPS) is 13.4. The maximum Gasteiger partial charge on any atom is 0.256 e. The zero-order valence-corrected chi connectivity index (χ0v) is 14.8. The Bertz CT molecular complexity index is 507. The van der Waals surface area contributed by atoms with Gasteiger partial charge in [-0.1, -0.05) is 13.3 Å². The van der Waals surface area contributed by atoms with Crippen LogP contribution in [0.2, 0.25) is 0 Å². The molecule has 0 aromatic carbocycles. The van der Waals surface area contributed by atoms with Crippen LogP contribution in [0.4, 0.5) is 5.69 Å². The van der Waals surface area contributed by atoms with Gasteiger partial charge in [-0.3, -0.25) is 4.79 Å². The molecule has 1 amide bonds. The maximum absolute atomic E-state index is 12.4. The number of rotatable bonds is 10. The molecular weight excluding hydrogens is 296 g/mol. The summed E-state index contributed by atoms with van der Waals surface area (Å²) in [5, 5.41) is 2.86. The minimum Gasteiger partial charge on any atom is -0.475 e. The number of pyridine rings is 1. The first kappa shape index (κ1) is 19.4. The van der Waals surface area contributed by atoms with Crippen LogP contribution >= 0.6 is 0 Å². The molecule has 130 valence electrons. The SMILES string of the molecule is CCC[C@@](C)(OC)C(=O)Nc1cnc(OCCOCC)c(C)c1. The van der Waals surface area contributed by atoms with E-state index in [1.807, 2.05) is 26.8 Å². The number of ether oxygens (including phenoxy) is 3. The number of hydrogen-bond acceptors (Lipinski definition) is 5. The molecular formula is C17H28N2O4. The Morgan fingerprint density at radius 1 is 1.35 bits per heavy atom. The summed E-state index contributed by atoms with van der Waals surface area (Å²) < 4.78 is 16.1. The van der Waals surface area contributed by atoms with E-state index in [0.717, 1.165) is 12.0 Å². The van der Waals surface area contributed by atoms with Gasteiger partial charge in [0, 0.05) is 19.3 Å². The fourth-order valence-electron chi connectivity index (χ4n) is 2.17. The van der Waals surface area contributed by atoms with Crippen LogP contribution in [0.5, 0.6) is 5.88 Å². The molecule has 1 rings (SSSR count). The van der Waals surface area contributed by atoms with E-state index in [1.165, 1.54) is 0 Å². The minimum atomic E-state index is -0.838. The highest BCUT2D eigenvalue weighted by Crippen LogP contribution is 2.22. The van der Waals surface area contributed by atoms with Crippen molar-refractivity contribution in [3.05, 3.63) is 17.8 Å². The Labute approximate surface area is 138 Å². The molecule has 0 aliphatic rings. The molecule has 0 spiro atoms. The van der Waals surface area contributed by atoms with E-state index in [4.69, 9.17) is 14.2 Å². The van der Waals surface area contributed by atoms with Gasteiger partial charge in [0.25, 0.3) is 5.91 Å². The maximum atomic E-state index is 12.4. The van der Waals surface area contributed by atoms with Gasteiger partial charge in [0.1, 0.15) is 12.2 Å². The van der Waals surface area contributed by atoms with Crippen molar-refractivity contribution >= 4 is 11.6 Å². The van der Waals surface area contributed by atoms with Crippen molar-refractivity contribution in [3.8, 4) is 5.88 Å². The summed E-state index contributed by atoms with van der Waals surface area (Å²) in [6.07, 6.45) is 3.10. The molecule has 1 N–H and O–H groups in total. The van der Waals surface area contributed by atoms with Crippen LogP contribution in [-0.2, 0) is 14.3 Å². The van der Waals surface area contributed by atoms with Crippen molar-refractivity contribution in [1.82, 2.24) is 4.98 Å². The van der Waals surface area contributed by atoms with E-state index in [-0.39, 0.29) is 5.91 Å². The average Bonchev–Trinajstić information content (AvgIpc) is 2.53. The van der Waals surface area contributed by atoms with E-state index in [9.17, 15) is 4.79 Å². The second-order valence-electron chi connectivity index (χ2n) is 5.53. The molecule has 0 fully saturated rings. The number of methoxy groups -OCH3 is 1. The molecule has 1 atom stereocenters. The molecule has 6 heteroatoms. The zero-order chi connectivity index (χ0) is 17.3. The van der Waals surface area contributed by atoms with Crippen molar-refractivity contribution in [2.45, 2.75) is 46.1 Å². The molecule has 0 radical (unpaired) electrons. The van der Waals surface area contributed by atoms with Crippen molar-refractivity contribution in [3.63, 3.8) is 0 Å². The Hall–Kier alpha value is -1.66. The molecule has 0 aliphatic carbocycles. The van der Waals surface area contributed by atoms with Crippen LogP contribution in [0.15, 0.2) is 12.3 Å². The molecule has 0 aliphatic heterocycles. The number of hydrogen-bond donors (Lipinski definition) is 1. The van der Waals surface area contributed by atoms with Gasteiger partial charge >= 0.3 is 0 Å². The van der Waals surface area contributed by atoms with Crippen LogP contribution in [0.1, 0.15) is 39.2 Å². The second kappa shape index (κ2) is 9.47. The topological polar surface area (TPSA) is 69.7 Å². The van der Waals surface area contributed by atoms with Gasteiger partial charge < -0.3 is 19.5 Å². The van der Waals surface area contributed by atoms with Crippen LogP contribution in [0, 0.1) is 6.92 Å². The third-order valence-corrected chi connectivity index (χ3v) is 3.62. The third kappa shape index (κ3) is 5.80. The predicted octanol–water partition coefficient (Wildman–Crippen LogP) is 2.95. The van der Waals surface area contributed by atoms with Crippen molar-refractivity contribution in [2.24, 2.45) is 0 Å². The summed E-state index contributed by atoms with van der Waals surface area (Å²) in [6.45, 7) is 9.28. The molecule has 0 unspecified atom stereocenters. The van der Waals surface area contributed by atoms with Crippen molar-refractivity contribution < 1.29 is 19.0 Å². The Morgan fingerprint density at radius 2 is 2.09 bits per heavy atom. The lowest BCUT2D eigenvalue weighted by molar-refractivity contribution is -0.136. The fourth-order valence-corrected chi connectivity index (χ4v) is 2.17. The van der Waals surface area contributed by atoms with Crippen molar-refractivity contribution in [2.75, 3.05) is 32.2 Å². The lowest BCUT2D eigenvalue weighted by Gasteiger charge is -2.26. The standard InChI is InChI=1S/C17H28N2O4/c1-6-8-17(4,21-5)16(20)19-14-11-13(3)15(18-12-14)23-10-9-22-7-2/h11-12H,6-10H2,1-5H3,(H,19,20)/t17-/m1/s1. The Morgan fingerprint density at radius 3 is 2.65 bits per heavy atom. The second-order valence-corrected chi connectivity index (χ2v) is 5.53. The van der Waals surface area contributed by atoms with E-state index >= 15 is 0 Å². The first-order valence-electron chi connectivity index (χ1n) is 8.00. The number of nitrogens with one attached hydrogen (secondary N) is 1. The van der Waals surface area contributed by atoms with Gasteiger partial charge in [-0.15, -0.1) is 0 Å². The Kier molecular flexibility index (Phi) is 7.98. The first-order chi connectivity index (χ1) is 11.0. The highest BCUT2D eigenvalue weighted by Gasteiger charge is 2.32. The zero-order valence-electron chi connectivity index (χ0n) is 14.8. The quantitative estimate of drug-likeness (QED) is 0.670. The molecule has 1 aromatic heterocycles. The van der Waals surface area contributed by atoms with E-state index in [1.54, 1.807) is 20.2 Å². The number of amides is 1. The molecule has 0 saturated carbocycles. The lowest BCUT2D eigenvalue weighted by Crippen LogP contribution is -2.41. The predicted molar refractivity (Wildman–Crippen MR) is 89.9 cm³/mol.